The number of carbonyl (C=O) groups is 1. The number of hydrogen-bond donors (Lipinski definition) is 1. The van der Waals surface area contributed by atoms with Crippen molar-refractivity contribution >= 4 is 17.5 Å². The standard InChI is InChI=1S/C14H18ClNO3/c1-2-11(16-14(17)9-15)10-4-5-12-13(8-10)19-7-3-6-18-12/h4-5,8,11H,2-3,6-7,9H2,1H3,(H,16,17)/t11-/m0/s1. The van der Waals surface area contributed by atoms with E-state index in [0.29, 0.717) is 13.2 Å². The lowest BCUT2D eigenvalue weighted by molar-refractivity contribution is -0.119. The first kappa shape index (κ1) is 14.0. The summed E-state index contributed by atoms with van der Waals surface area (Å²) in [4.78, 5) is 11.4. The summed E-state index contributed by atoms with van der Waals surface area (Å²) in [7, 11) is 0. The highest BCUT2D eigenvalue weighted by Gasteiger charge is 2.16. The summed E-state index contributed by atoms with van der Waals surface area (Å²) in [5.74, 6) is 1.31. The molecule has 0 fully saturated rings. The molecule has 0 saturated heterocycles. The largest absolute Gasteiger partial charge is 0.490 e. The van der Waals surface area contributed by atoms with Gasteiger partial charge in [-0.1, -0.05) is 13.0 Å². The molecule has 4 nitrogen and oxygen atoms in total. The third-order valence-corrected chi connectivity index (χ3v) is 3.28. The van der Waals surface area contributed by atoms with Gasteiger partial charge in [0.1, 0.15) is 5.88 Å². The zero-order valence-electron chi connectivity index (χ0n) is 10.9. The van der Waals surface area contributed by atoms with Crippen LogP contribution in [-0.4, -0.2) is 25.0 Å². The van der Waals surface area contributed by atoms with Crippen LogP contribution in [0.4, 0.5) is 0 Å². The van der Waals surface area contributed by atoms with Crippen molar-refractivity contribution in [3.8, 4) is 11.5 Å². The van der Waals surface area contributed by atoms with Crippen molar-refractivity contribution < 1.29 is 14.3 Å². The molecule has 0 spiro atoms. The summed E-state index contributed by atoms with van der Waals surface area (Å²) >= 11 is 5.52. The molecule has 1 aliphatic heterocycles. The first-order chi connectivity index (χ1) is 9.24. The third kappa shape index (κ3) is 3.53. The lowest BCUT2D eigenvalue weighted by atomic mass is 10.0. The number of rotatable bonds is 4. The van der Waals surface area contributed by atoms with Crippen molar-refractivity contribution in [3.05, 3.63) is 23.8 Å². The lowest BCUT2D eigenvalue weighted by Crippen LogP contribution is -2.29. The molecule has 1 heterocycles. The molecule has 1 aromatic carbocycles. The Morgan fingerprint density at radius 2 is 2.11 bits per heavy atom. The second kappa shape index (κ2) is 6.66. The van der Waals surface area contributed by atoms with E-state index in [0.717, 1.165) is 29.9 Å². The van der Waals surface area contributed by atoms with Crippen LogP contribution in [0, 0.1) is 0 Å². The summed E-state index contributed by atoms with van der Waals surface area (Å²) in [6, 6.07) is 5.73. The predicted molar refractivity (Wildman–Crippen MR) is 73.9 cm³/mol. The highest BCUT2D eigenvalue weighted by molar-refractivity contribution is 6.27. The maximum Gasteiger partial charge on any atom is 0.235 e. The van der Waals surface area contributed by atoms with Crippen LogP contribution in [0.5, 0.6) is 11.5 Å². The molecule has 0 aromatic heterocycles. The molecular weight excluding hydrogens is 266 g/mol. The molecule has 0 unspecified atom stereocenters. The van der Waals surface area contributed by atoms with Gasteiger partial charge in [0.15, 0.2) is 11.5 Å². The van der Waals surface area contributed by atoms with Gasteiger partial charge in [-0.25, -0.2) is 0 Å². The Morgan fingerprint density at radius 3 is 2.79 bits per heavy atom. The van der Waals surface area contributed by atoms with Gasteiger partial charge in [0.25, 0.3) is 0 Å². The smallest absolute Gasteiger partial charge is 0.235 e. The average Bonchev–Trinajstić information content (AvgIpc) is 2.68. The molecule has 1 atom stereocenters. The van der Waals surface area contributed by atoms with Gasteiger partial charge in [-0.2, -0.15) is 0 Å². The molecule has 1 aliphatic rings. The van der Waals surface area contributed by atoms with E-state index in [4.69, 9.17) is 21.1 Å². The summed E-state index contributed by atoms with van der Waals surface area (Å²) in [5.41, 5.74) is 1.00. The highest BCUT2D eigenvalue weighted by Crippen LogP contribution is 2.32. The Hall–Kier alpha value is -1.42. The van der Waals surface area contributed by atoms with Gasteiger partial charge in [-0.15, -0.1) is 11.6 Å². The van der Waals surface area contributed by atoms with Crippen LogP contribution in [0.2, 0.25) is 0 Å². The van der Waals surface area contributed by atoms with Crippen molar-refractivity contribution in [2.45, 2.75) is 25.8 Å². The van der Waals surface area contributed by atoms with Crippen LogP contribution >= 0.6 is 11.6 Å². The summed E-state index contributed by atoms with van der Waals surface area (Å²) in [5, 5.41) is 2.89. The molecule has 1 amide bonds. The monoisotopic (exact) mass is 283 g/mol. The molecule has 0 bridgehead atoms. The van der Waals surface area contributed by atoms with Gasteiger partial charge in [0.2, 0.25) is 5.91 Å². The first-order valence-electron chi connectivity index (χ1n) is 6.49. The molecule has 2 rings (SSSR count). The van der Waals surface area contributed by atoms with Gasteiger partial charge in [-0.05, 0) is 24.1 Å². The molecule has 19 heavy (non-hydrogen) atoms. The van der Waals surface area contributed by atoms with Crippen molar-refractivity contribution in [1.29, 1.82) is 0 Å². The molecule has 0 radical (unpaired) electrons. The highest BCUT2D eigenvalue weighted by atomic mass is 35.5. The van der Waals surface area contributed by atoms with E-state index in [-0.39, 0.29) is 17.8 Å². The zero-order valence-corrected chi connectivity index (χ0v) is 11.7. The molecule has 0 aliphatic carbocycles. The summed E-state index contributed by atoms with van der Waals surface area (Å²) in [6.07, 6.45) is 1.67. The lowest BCUT2D eigenvalue weighted by Gasteiger charge is -2.18. The van der Waals surface area contributed by atoms with Crippen LogP contribution in [0.3, 0.4) is 0 Å². The Labute approximate surface area is 118 Å². The number of hydrogen-bond acceptors (Lipinski definition) is 3. The first-order valence-corrected chi connectivity index (χ1v) is 7.03. The quantitative estimate of drug-likeness (QED) is 0.864. The molecular formula is C14H18ClNO3. The fourth-order valence-electron chi connectivity index (χ4n) is 2.05. The minimum Gasteiger partial charge on any atom is -0.490 e. The number of halogens is 1. The van der Waals surface area contributed by atoms with Crippen LogP contribution in [-0.2, 0) is 4.79 Å². The second-order valence-electron chi connectivity index (χ2n) is 4.42. The minimum atomic E-state index is -0.166. The van der Waals surface area contributed by atoms with E-state index in [1.54, 1.807) is 0 Å². The number of fused-ring (bicyclic) bond motifs is 1. The van der Waals surface area contributed by atoms with Crippen LogP contribution in [0.25, 0.3) is 0 Å². The molecule has 0 saturated carbocycles. The Bertz CT molecular complexity index is 450. The van der Waals surface area contributed by atoms with Gasteiger partial charge >= 0.3 is 0 Å². The van der Waals surface area contributed by atoms with E-state index in [9.17, 15) is 4.79 Å². The molecule has 1 aromatic rings. The van der Waals surface area contributed by atoms with E-state index in [1.165, 1.54) is 0 Å². The van der Waals surface area contributed by atoms with Crippen molar-refractivity contribution in [3.63, 3.8) is 0 Å². The number of benzene rings is 1. The maximum absolute atomic E-state index is 11.4. The minimum absolute atomic E-state index is 0.0267. The van der Waals surface area contributed by atoms with E-state index in [1.807, 2.05) is 25.1 Å². The fraction of sp³-hybridized carbons (Fsp3) is 0.500. The van der Waals surface area contributed by atoms with Gasteiger partial charge in [0, 0.05) is 6.42 Å². The third-order valence-electron chi connectivity index (χ3n) is 3.04. The van der Waals surface area contributed by atoms with Crippen LogP contribution in [0.1, 0.15) is 31.4 Å². The average molecular weight is 284 g/mol. The number of ether oxygens (including phenoxy) is 2. The van der Waals surface area contributed by atoms with E-state index < -0.39 is 0 Å². The molecule has 1 N–H and O–H groups in total. The Morgan fingerprint density at radius 1 is 1.37 bits per heavy atom. The number of nitrogens with one attached hydrogen (secondary N) is 1. The predicted octanol–water partition coefficient (Wildman–Crippen LogP) is 2.65. The molecule has 5 heteroatoms. The topological polar surface area (TPSA) is 47.6 Å². The van der Waals surface area contributed by atoms with E-state index in [2.05, 4.69) is 5.32 Å². The van der Waals surface area contributed by atoms with Crippen molar-refractivity contribution in [2.24, 2.45) is 0 Å². The van der Waals surface area contributed by atoms with Crippen LogP contribution < -0.4 is 14.8 Å². The number of alkyl halides is 1. The Balaban J connectivity index is 2.19. The number of amides is 1. The zero-order chi connectivity index (χ0) is 13.7. The van der Waals surface area contributed by atoms with Gasteiger partial charge < -0.3 is 14.8 Å². The summed E-state index contributed by atoms with van der Waals surface area (Å²) in [6.45, 7) is 3.34. The summed E-state index contributed by atoms with van der Waals surface area (Å²) < 4.78 is 11.2. The molecule has 104 valence electrons. The van der Waals surface area contributed by atoms with Crippen LogP contribution in [0.15, 0.2) is 18.2 Å². The number of carbonyl (C=O) groups excluding carboxylic acids is 1. The van der Waals surface area contributed by atoms with Crippen molar-refractivity contribution in [1.82, 2.24) is 5.32 Å². The van der Waals surface area contributed by atoms with Gasteiger partial charge in [0.05, 0.1) is 19.3 Å². The van der Waals surface area contributed by atoms with Crippen molar-refractivity contribution in [2.75, 3.05) is 19.1 Å². The second-order valence-corrected chi connectivity index (χ2v) is 4.69. The maximum atomic E-state index is 11.4. The van der Waals surface area contributed by atoms with E-state index >= 15 is 0 Å². The normalized spacial score (nSPS) is 15.5. The Kier molecular flexibility index (Phi) is 4.91. The SMILES string of the molecule is CC[C@H](NC(=O)CCl)c1ccc2c(c1)OCCCO2. The fourth-order valence-corrected chi connectivity index (χ4v) is 2.13. The van der Waals surface area contributed by atoms with Gasteiger partial charge in [-0.3, -0.25) is 4.79 Å².